The van der Waals surface area contributed by atoms with Gasteiger partial charge in [-0.05, 0) is 141 Å². The Hall–Kier alpha value is -8.39. The number of aromatic nitrogens is 1. The molecule has 0 N–H and O–H groups in total. The molecule has 1 spiro atoms. The molecule has 0 atom stereocenters. The molecule has 0 bridgehead atoms. The average Bonchev–Trinajstić information content (AvgIpc) is 3.85. The van der Waals surface area contributed by atoms with Crippen LogP contribution < -0.4 is 0 Å². The monoisotopic (exact) mass is 821 g/mol. The molecule has 12 aromatic rings. The Labute approximate surface area is 377 Å². The van der Waals surface area contributed by atoms with Crippen LogP contribution in [-0.2, 0) is 5.41 Å². The standard InChI is InChI=1S/C64H39N/c1-2-13-40(14-3-1)56-39-61(48-32-33-50-46(37-48)29-25-41-15-4-5-16-49(41)50)65-62-38-45(31-34-54(56)62)43-26-27-44-36-47(30-28-42(44)35-43)51-20-12-24-60-63(51)55-19-8-11-23-59(55)64(60)57-21-9-6-17-52(57)53-18-7-10-22-58(53)64/h1-39H. The van der Waals surface area contributed by atoms with Crippen molar-refractivity contribution >= 4 is 43.2 Å². The third-order valence-corrected chi connectivity index (χ3v) is 14.4. The van der Waals surface area contributed by atoms with Gasteiger partial charge in [0.2, 0.25) is 0 Å². The van der Waals surface area contributed by atoms with Crippen molar-refractivity contribution in [2.45, 2.75) is 5.41 Å². The number of hydrogen-bond acceptors (Lipinski definition) is 1. The van der Waals surface area contributed by atoms with Crippen molar-refractivity contribution in [2.24, 2.45) is 0 Å². The molecule has 1 aromatic heterocycles. The third kappa shape index (κ3) is 5.24. The zero-order chi connectivity index (χ0) is 42.6. The fourth-order valence-corrected chi connectivity index (χ4v) is 11.6. The number of fused-ring (bicyclic) bond motifs is 15. The minimum atomic E-state index is -0.358. The Morgan fingerprint density at radius 3 is 1.58 bits per heavy atom. The Balaban J connectivity index is 0.875. The van der Waals surface area contributed by atoms with Crippen LogP contribution in [0.2, 0.25) is 0 Å². The smallest absolute Gasteiger partial charge is 0.0725 e. The summed E-state index contributed by atoms with van der Waals surface area (Å²) in [5.74, 6) is 0. The van der Waals surface area contributed by atoms with Crippen molar-refractivity contribution in [3.63, 3.8) is 0 Å². The van der Waals surface area contributed by atoms with Gasteiger partial charge in [0.25, 0.3) is 0 Å². The fraction of sp³-hybridized carbons (Fsp3) is 0.0156. The van der Waals surface area contributed by atoms with Crippen LogP contribution >= 0.6 is 0 Å². The summed E-state index contributed by atoms with van der Waals surface area (Å²) in [4.78, 5) is 5.39. The van der Waals surface area contributed by atoms with Gasteiger partial charge in [0.15, 0.2) is 0 Å². The Bertz CT molecular complexity index is 3910. The van der Waals surface area contributed by atoms with Crippen LogP contribution in [0.3, 0.4) is 0 Å². The summed E-state index contributed by atoms with van der Waals surface area (Å²) in [6.07, 6.45) is 0. The summed E-state index contributed by atoms with van der Waals surface area (Å²) in [6, 6.07) is 87.6. The lowest BCUT2D eigenvalue weighted by Gasteiger charge is -2.30. The third-order valence-electron chi connectivity index (χ3n) is 14.4. The van der Waals surface area contributed by atoms with Gasteiger partial charge in [-0.25, -0.2) is 4.98 Å². The largest absolute Gasteiger partial charge is 0.248 e. The second kappa shape index (κ2) is 13.8. The second-order valence-corrected chi connectivity index (χ2v) is 17.8. The van der Waals surface area contributed by atoms with Crippen molar-refractivity contribution in [2.75, 3.05) is 0 Å². The van der Waals surface area contributed by atoms with E-state index < -0.39 is 0 Å². The SMILES string of the molecule is c1ccc(-c2cc(-c3ccc4c(ccc5ccccc54)c3)nc3cc(-c4ccc5cc(-c6cccc7c6-c6ccccc6C76c7ccccc7-c7ccccc76)ccc5c4)ccc23)cc1. The van der Waals surface area contributed by atoms with Crippen LogP contribution in [0.1, 0.15) is 22.3 Å². The Morgan fingerprint density at radius 1 is 0.262 bits per heavy atom. The summed E-state index contributed by atoms with van der Waals surface area (Å²) in [6.45, 7) is 0. The molecule has 1 nitrogen and oxygen atoms in total. The van der Waals surface area contributed by atoms with E-state index in [2.05, 4.69) is 237 Å². The zero-order valence-electron chi connectivity index (χ0n) is 35.5. The van der Waals surface area contributed by atoms with E-state index in [4.69, 9.17) is 4.98 Å². The van der Waals surface area contributed by atoms with Gasteiger partial charge in [-0.2, -0.15) is 0 Å². The first kappa shape index (κ1) is 36.1. The highest BCUT2D eigenvalue weighted by Gasteiger charge is 2.51. The fourth-order valence-electron chi connectivity index (χ4n) is 11.6. The average molecular weight is 822 g/mol. The maximum Gasteiger partial charge on any atom is 0.0725 e. The summed E-state index contributed by atoms with van der Waals surface area (Å²) in [7, 11) is 0. The van der Waals surface area contributed by atoms with E-state index in [0.717, 1.165) is 27.7 Å². The van der Waals surface area contributed by atoms with E-state index >= 15 is 0 Å². The lowest BCUT2D eigenvalue weighted by molar-refractivity contribution is 0.794. The summed E-state index contributed by atoms with van der Waals surface area (Å²) < 4.78 is 0. The molecule has 0 saturated carbocycles. The molecule has 0 saturated heterocycles. The first-order chi connectivity index (χ1) is 32.2. The minimum absolute atomic E-state index is 0.358. The molecule has 300 valence electrons. The van der Waals surface area contributed by atoms with Gasteiger partial charge in [-0.15, -0.1) is 0 Å². The number of benzene rings is 11. The van der Waals surface area contributed by atoms with E-state index in [1.165, 1.54) is 105 Å². The molecule has 2 aliphatic carbocycles. The van der Waals surface area contributed by atoms with E-state index in [9.17, 15) is 0 Å². The van der Waals surface area contributed by atoms with Crippen molar-refractivity contribution in [1.82, 2.24) is 4.98 Å². The number of hydrogen-bond donors (Lipinski definition) is 0. The number of rotatable bonds is 4. The van der Waals surface area contributed by atoms with E-state index in [1.807, 2.05) is 0 Å². The van der Waals surface area contributed by atoms with Gasteiger partial charge >= 0.3 is 0 Å². The molecular formula is C64H39N. The lowest BCUT2D eigenvalue weighted by atomic mass is 9.70. The highest BCUT2D eigenvalue weighted by Crippen LogP contribution is 2.64. The highest BCUT2D eigenvalue weighted by molar-refractivity contribution is 6.09. The van der Waals surface area contributed by atoms with Crippen LogP contribution in [-0.4, -0.2) is 4.98 Å². The quantitative estimate of drug-likeness (QED) is 0.161. The van der Waals surface area contributed by atoms with Crippen molar-refractivity contribution in [1.29, 1.82) is 0 Å². The Morgan fingerprint density at radius 2 is 0.785 bits per heavy atom. The molecule has 0 fully saturated rings. The molecule has 0 unspecified atom stereocenters. The van der Waals surface area contributed by atoms with Crippen molar-refractivity contribution in [3.05, 3.63) is 259 Å². The predicted molar refractivity (Wildman–Crippen MR) is 272 cm³/mol. The molecule has 11 aromatic carbocycles. The molecule has 0 radical (unpaired) electrons. The van der Waals surface area contributed by atoms with Crippen LogP contribution in [0.15, 0.2) is 237 Å². The molecule has 1 heteroatoms. The molecule has 65 heavy (non-hydrogen) atoms. The zero-order valence-corrected chi connectivity index (χ0v) is 35.5. The maximum atomic E-state index is 5.39. The normalized spacial score (nSPS) is 13.0. The maximum absolute atomic E-state index is 5.39. The molecule has 0 aliphatic heterocycles. The van der Waals surface area contributed by atoms with Crippen LogP contribution in [0.25, 0.3) is 110 Å². The first-order valence-electron chi connectivity index (χ1n) is 22.6. The lowest BCUT2D eigenvalue weighted by Crippen LogP contribution is -2.25. The van der Waals surface area contributed by atoms with Gasteiger partial charge in [0.05, 0.1) is 16.6 Å². The minimum Gasteiger partial charge on any atom is -0.248 e. The molecule has 0 amide bonds. The van der Waals surface area contributed by atoms with Gasteiger partial charge in [0, 0.05) is 10.9 Å². The first-order valence-corrected chi connectivity index (χ1v) is 22.6. The second-order valence-electron chi connectivity index (χ2n) is 17.8. The van der Waals surface area contributed by atoms with Crippen LogP contribution in [0.4, 0.5) is 0 Å². The topological polar surface area (TPSA) is 12.9 Å². The summed E-state index contributed by atoms with van der Waals surface area (Å²) >= 11 is 0. The highest BCUT2D eigenvalue weighted by atomic mass is 14.7. The van der Waals surface area contributed by atoms with Gasteiger partial charge in [-0.3, -0.25) is 0 Å². The van der Waals surface area contributed by atoms with Crippen LogP contribution in [0, 0.1) is 0 Å². The molecule has 14 rings (SSSR count). The van der Waals surface area contributed by atoms with Gasteiger partial charge in [-0.1, -0.05) is 206 Å². The number of nitrogens with zero attached hydrogens (tertiary/aromatic N) is 1. The predicted octanol–water partition coefficient (Wildman–Crippen LogP) is 16.7. The molecule has 2 aliphatic rings. The van der Waals surface area contributed by atoms with Crippen molar-refractivity contribution < 1.29 is 0 Å². The van der Waals surface area contributed by atoms with Crippen molar-refractivity contribution in [3.8, 4) is 66.9 Å². The van der Waals surface area contributed by atoms with E-state index in [1.54, 1.807) is 0 Å². The van der Waals surface area contributed by atoms with Crippen LogP contribution in [0.5, 0.6) is 0 Å². The number of pyridine rings is 1. The van der Waals surface area contributed by atoms with E-state index in [0.29, 0.717) is 0 Å². The summed E-state index contributed by atoms with van der Waals surface area (Å²) in [5.41, 5.74) is 20.7. The van der Waals surface area contributed by atoms with Gasteiger partial charge in [0.1, 0.15) is 0 Å². The molecular weight excluding hydrogens is 783 g/mol. The molecule has 1 heterocycles. The van der Waals surface area contributed by atoms with E-state index in [-0.39, 0.29) is 5.41 Å². The summed E-state index contributed by atoms with van der Waals surface area (Å²) in [5, 5.41) is 8.58. The van der Waals surface area contributed by atoms with Gasteiger partial charge < -0.3 is 0 Å². The Kier molecular flexibility index (Phi) is 7.67.